The zero-order valence-electron chi connectivity index (χ0n) is 11.0. The van der Waals surface area contributed by atoms with Crippen molar-refractivity contribution in [3.8, 4) is 0 Å². The lowest BCUT2D eigenvalue weighted by Crippen LogP contribution is -2.12. The molecule has 3 aromatic rings. The zero-order valence-corrected chi connectivity index (χ0v) is 11.9. The molecule has 0 bridgehead atoms. The van der Waals surface area contributed by atoms with Crippen molar-refractivity contribution in [2.24, 2.45) is 0 Å². The molecule has 1 unspecified atom stereocenters. The first-order valence-electron chi connectivity index (χ1n) is 6.18. The second-order valence-electron chi connectivity index (χ2n) is 4.43. The highest BCUT2D eigenvalue weighted by Gasteiger charge is 2.14. The summed E-state index contributed by atoms with van der Waals surface area (Å²) in [6.07, 6.45) is 0. The Labute approximate surface area is 119 Å². The Hall–Kier alpha value is -2.15. The molecule has 3 rings (SSSR count). The molecule has 1 aromatic carbocycles. The van der Waals surface area contributed by atoms with E-state index in [0.717, 1.165) is 5.82 Å². The Balaban J connectivity index is 1.95. The molecule has 0 aliphatic heterocycles. The van der Waals surface area contributed by atoms with Crippen molar-refractivity contribution in [1.29, 1.82) is 0 Å². The Morgan fingerprint density at radius 2 is 2.05 bits per heavy atom. The second-order valence-corrected chi connectivity index (χ2v) is 5.74. The van der Waals surface area contributed by atoms with Gasteiger partial charge in [-0.15, -0.1) is 5.10 Å². The summed E-state index contributed by atoms with van der Waals surface area (Å²) >= 11 is 1.45. The lowest BCUT2D eigenvalue weighted by Gasteiger charge is -2.08. The van der Waals surface area contributed by atoms with E-state index in [1.54, 1.807) is 6.07 Å². The molecular formula is C13H13N5OS. The van der Waals surface area contributed by atoms with Gasteiger partial charge in [0.05, 0.1) is 16.2 Å². The van der Waals surface area contributed by atoms with Crippen LogP contribution in [0.2, 0.25) is 0 Å². The molecule has 0 amide bonds. The van der Waals surface area contributed by atoms with Crippen LogP contribution in [0.25, 0.3) is 10.9 Å². The van der Waals surface area contributed by atoms with Crippen LogP contribution in [0, 0.1) is 6.92 Å². The third-order valence-electron chi connectivity index (χ3n) is 2.88. The Morgan fingerprint density at radius 3 is 2.80 bits per heavy atom. The number of aromatic nitrogens is 5. The van der Waals surface area contributed by atoms with Crippen molar-refractivity contribution < 1.29 is 0 Å². The molecular weight excluding hydrogens is 274 g/mol. The Morgan fingerprint density at radius 1 is 1.25 bits per heavy atom. The van der Waals surface area contributed by atoms with E-state index in [2.05, 4.69) is 25.1 Å². The number of hydrogen-bond donors (Lipinski definition) is 2. The van der Waals surface area contributed by atoms with Gasteiger partial charge >= 0.3 is 0 Å². The summed E-state index contributed by atoms with van der Waals surface area (Å²) in [6, 6.07) is 7.30. The SMILES string of the molecule is Cc1nc(SC(C)c2nc3ccccc3c(=O)[nH]2)n[nH]1. The molecule has 0 saturated carbocycles. The maximum Gasteiger partial charge on any atom is 0.258 e. The standard InChI is InChI=1S/C13H13N5OS/c1-7(20-13-14-8(2)17-18-13)11-15-10-6-4-3-5-9(10)12(19)16-11/h3-7H,1-2H3,(H,14,17,18)(H,15,16,19). The number of fused-ring (bicyclic) bond motifs is 1. The van der Waals surface area contributed by atoms with Crippen LogP contribution in [0.1, 0.15) is 23.8 Å². The summed E-state index contributed by atoms with van der Waals surface area (Å²) in [6.45, 7) is 3.81. The van der Waals surface area contributed by atoms with Gasteiger partial charge in [0.2, 0.25) is 5.16 Å². The molecule has 2 heterocycles. The highest BCUT2D eigenvalue weighted by Crippen LogP contribution is 2.30. The summed E-state index contributed by atoms with van der Waals surface area (Å²) in [4.78, 5) is 23.6. The Bertz CT molecular complexity index is 810. The molecule has 0 radical (unpaired) electrons. The van der Waals surface area contributed by atoms with Crippen molar-refractivity contribution in [3.63, 3.8) is 0 Å². The lowest BCUT2D eigenvalue weighted by molar-refractivity contribution is 0.904. The van der Waals surface area contributed by atoms with Gasteiger partial charge in [-0.3, -0.25) is 9.89 Å². The summed E-state index contributed by atoms with van der Waals surface area (Å²) < 4.78 is 0. The fourth-order valence-electron chi connectivity index (χ4n) is 1.89. The van der Waals surface area contributed by atoms with Gasteiger partial charge in [-0.05, 0) is 26.0 Å². The summed E-state index contributed by atoms with van der Waals surface area (Å²) in [7, 11) is 0. The predicted molar refractivity (Wildman–Crippen MR) is 77.8 cm³/mol. The van der Waals surface area contributed by atoms with E-state index in [9.17, 15) is 4.79 Å². The quantitative estimate of drug-likeness (QED) is 0.721. The minimum Gasteiger partial charge on any atom is -0.309 e. The first-order valence-corrected chi connectivity index (χ1v) is 7.06. The lowest BCUT2D eigenvalue weighted by atomic mass is 10.2. The number of benzene rings is 1. The van der Waals surface area contributed by atoms with Crippen molar-refractivity contribution >= 4 is 22.7 Å². The van der Waals surface area contributed by atoms with Gasteiger partial charge in [0.15, 0.2) is 0 Å². The molecule has 6 nitrogen and oxygen atoms in total. The number of hydrogen-bond acceptors (Lipinski definition) is 5. The average molecular weight is 287 g/mol. The maximum absolute atomic E-state index is 12.0. The fraction of sp³-hybridized carbons (Fsp3) is 0.231. The van der Waals surface area contributed by atoms with Crippen LogP contribution in [0.15, 0.2) is 34.2 Å². The molecule has 0 saturated heterocycles. The molecule has 2 aromatic heterocycles. The van der Waals surface area contributed by atoms with Crippen LogP contribution >= 0.6 is 11.8 Å². The van der Waals surface area contributed by atoms with Crippen molar-refractivity contribution in [3.05, 3.63) is 46.3 Å². The van der Waals surface area contributed by atoms with Gasteiger partial charge in [-0.25, -0.2) is 9.97 Å². The van der Waals surface area contributed by atoms with Crippen molar-refractivity contribution in [2.75, 3.05) is 0 Å². The van der Waals surface area contributed by atoms with Gasteiger partial charge < -0.3 is 4.98 Å². The first kappa shape index (κ1) is 12.9. The number of aryl methyl sites for hydroxylation is 1. The van der Waals surface area contributed by atoms with Crippen LogP contribution in [-0.4, -0.2) is 25.1 Å². The fourth-order valence-corrected chi connectivity index (χ4v) is 2.71. The maximum atomic E-state index is 12.0. The summed E-state index contributed by atoms with van der Waals surface area (Å²) in [5.74, 6) is 1.39. The second kappa shape index (κ2) is 5.09. The normalized spacial score (nSPS) is 12.7. The van der Waals surface area contributed by atoms with E-state index in [4.69, 9.17) is 0 Å². The van der Waals surface area contributed by atoms with E-state index in [0.29, 0.717) is 21.9 Å². The number of thioether (sulfide) groups is 1. The van der Waals surface area contributed by atoms with Crippen LogP contribution in [0.4, 0.5) is 0 Å². The van der Waals surface area contributed by atoms with Crippen LogP contribution in [0.3, 0.4) is 0 Å². The van der Waals surface area contributed by atoms with E-state index in [1.165, 1.54) is 11.8 Å². The zero-order chi connectivity index (χ0) is 14.1. The molecule has 1 atom stereocenters. The summed E-state index contributed by atoms with van der Waals surface area (Å²) in [5.41, 5.74) is 0.578. The number of rotatable bonds is 3. The van der Waals surface area contributed by atoms with Gasteiger partial charge in [0, 0.05) is 0 Å². The monoisotopic (exact) mass is 287 g/mol. The average Bonchev–Trinajstić information content (AvgIpc) is 2.84. The third-order valence-corrected chi connectivity index (χ3v) is 3.85. The molecule has 2 N–H and O–H groups in total. The minimum absolute atomic E-state index is 0.0393. The molecule has 7 heteroatoms. The number of para-hydroxylation sites is 1. The number of nitrogens with one attached hydrogen (secondary N) is 2. The first-order chi connectivity index (χ1) is 9.63. The van der Waals surface area contributed by atoms with E-state index < -0.39 is 0 Å². The molecule has 0 spiro atoms. The predicted octanol–water partition coefficient (Wildman–Crippen LogP) is 2.20. The highest BCUT2D eigenvalue weighted by atomic mass is 32.2. The molecule has 0 fully saturated rings. The number of nitrogens with zero attached hydrogens (tertiary/aromatic N) is 3. The number of aromatic amines is 2. The molecule has 0 aliphatic carbocycles. The molecule has 102 valence electrons. The van der Waals surface area contributed by atoms with Crippen molar-refractivity contribution in [2.45, 2.75) is 24.3 Å². The van der Waals surface area contributed by atoms with Gasteiger partial charge in [0.1, 0.15) is 11.6 Å². The van der Waals surface area contributed by atoms with Gasteiger partial charge in [-0.1, -0.05) is 23.9 Å². The number of H-pyrrole nitrogens is 2. The van der Waals surface area contributed by atoms with Gasteiger partial charge in [0.25, 0.3) is 5.56 Å². The van der Waals surface area contributed by atoms with Crippen molar-refractivity contribution in [1.82, 2.24) is 25.1 Å². The third kappa shape index (κ3) is 2.44. The highest BCUT2D eigenvalue weighted by molar-refractivity contribution is 7.99. The largest absolute Gasteiger partial charge is 0.309 e. The van der Waals surface area contributed by atoms with E-state index in [-0.39, 0.29) is 10.8 Å². The van der Waals surface area contributed by atoms with Crippen LogP contribution in [-0.2, 0) is 0 Å². The molecule has 0 aliphatic rings. The van der Waals surface area contributed by atoms with E-state index >= 15 is 0 Å². The minimum atomic E-state index is -0.121. The van der Waals surface area contributed by atoms with Gasteiger partial charge in [-0.2, -0.15) is 0 Å². The topological polar surface area (TPSA) is 87.3 Å². The van der Waals surface area contributed by atoms with E-state index in [1.807, 2.05) is 32.0 Å². The van der Waals surface area contributed by atoms with Crippen LogP contribution < -0.4 is 5.56 Å². The smallest absolute Gasteiger partial charge is 0.258 e. The van der Waals surface area contributed by atoms with Crippen LogP contribution in [0.5, 0.6) is 0 Å². The molecule has 20 heavy (non-hydrogen) atoms. The Kier molecular flexibility index (Phi) is 3.27. The summed E-state index contributed by atoms with van der Waals surface area (Å²) in [5, 5.41) is 8.07.